The fourth-order valence-corrected chi connectivity index (χ4v) is 2.58. The van der Waals surface area contributed by atoms with E-state index < -0.39 is 5.97 Å². The monoisotopic (exact) mass is 338 g/mol. The van der Waals surface area contributed by atoms with Gasteiger partial charge in [-0.15, -0.1) is 0 Å². The molecule has 0 amide bonds. The topological polar surface area (TPSA) is 70.4 Å². The number of nitrogens with zero attached hydrogens (tertiary/aromatic N) is 2. The largest absolute Gasteiger partial charge is 0.497 e. The van der Waals surface area contributed by atoms with Gasteiger partial charge in [-0.25, -0.2) is 9.48 Å². The fourth-order valence-electron chi connectivity index (χ4n) is 2.58. The molecule has 0 spiro atoms. The molecule has 6 nitrogen and oxygen atoms in total. The van der Waals surface area contributed by atoms with E-state index >= 15 is 0 Å². The minimum absolute atomic E-state index is 0.0945. The Hall–Kier alpha value is -3.15. The summed E-state index contributed by atoms with van der Waals surface area (Å²) in [5, 5.41) is 5.11. The first-order valence-corrected chi connectivity index (χ1v) is 7.94. The van der Waals surface area contributed by atoms with Gasteiger partial charge in [0.15, 0.2) is 5.69 Å². The van der Waals surface area contributed by atoms with Crippen LogP contribution in [0.3, 0.4) is 0 Å². The van der Waals surface area contributed by atoms with Crippen LogP contribution in [0.5, 0.6) is 5.75 Å². The van der Waals surface area contributed by atoms with E-state index in [0.717, 1.165) is 5.56 Å². The normalized spacial score (nSPS) is 10.6. The third-order valence-corrected chi connectivity index (χ3v) is 3.86. The van der Waals surface area contributed by atoms with Crippen LogP contribution in [0, 0.1) is 0 Å². The van der Waals surface area contributed by atoms with Crippen molar-refractivity contribution in [3.8, 4) is 5.75 Å². The minimum atomic E-state index is -0.568. The van der Waals surface area contributed by atoms with Crippen molar-refractivity contribution >= 4 is 16.7 Å². The van der Waals surface area contributed by atoms with Crippen LogP contribution in [-0.2, 0) is 17.9 Å². The zero-order valence-corrected chi connectivity index (χ0v) is 14.1. The molecule has 0 atom stereocenters. The van der Waals surface area contributed by atoms with Crippen molar-refractivity contribution < 1.29 is 14.3 Å². The van der Waals surface area contributed by atoms with Crippen molar-refractivity contribution in [3.63, 3.8) is 0 Å². The predicted molar refractivity (Wildman–Crippen MR) is 93.8 cm³/mol. The van der Waals surface area contributed by atoms with Gasteiger partial charge in [-0.2, -0.15) is 5.10 Å². The summed E-state index contributed by atoms with van der Waals surface area (Å²) in [4.78, 5) is 24.9. The highest BCUT2D eigenvalue weighted by Crippen LogP contribution is 2.17. The maximum absolute atomic E-state index is 12.5. The number of esters is 1. The molecule has 1 heterocycles. The van der Waals surface area contributed by atoms with Gasteiger partial charge in [0.2, 0.25) is 0 Å². The van der Waals surface area contributed by atoms with Crippen molar-refractivity contribution in [2.24, 2.45) is 0 Å². The lowest BCUT2D eigenvalue weighted by molar-refractivity contribution is 0.0465. The lowest BCUT2D eigenvalue weighted by Gasteiger charge is -2.10. The molecule has 1 aromatic heterocycles. The first-order chi connectivity index (χ1) is 12.1. The predicted octanol–water partition coefficient (Wildman–Crippen LogP) is 2.78. The van der Waals surface area contributed by atoms with Crippen LogP contribution in [0.25, 0.3) is 10.8 Å². The Morgan fingerprint density at radius 2 is 1.88 bits per heavy atom. The van der Waals surface area contributed by atoms with E-state index in [1.807, 2.05) is 18.2 Å². The van der Waals surface area contributed by atoms with Crippen molar-refractivity contribution in [3.05, 3.63) is 70.1 Å². The van der Waals surface area contributed by atoms with Gasteiger partial charge in [0.05, 0.1) is 12.5 Å². The summed E-state index contributed by atoms with van der Waals surface area (Å²) in [6, 6.07) is 14.2. The van der Waals surface area contributed by atoms with Crippen molar-refractivity contribution in [1.29, 1.82) is 0 Å². The molecule has 0 aliphatic heterocycles. The lowest BCUT2D eigenvalue weighted by atomic mass is 10.1. The van der Waals surface area contributed by atoms with E-state index in [1.165, 1.54) is 4.68 Å². The number of carbonyl (C=O) groups is 1. The number of hydrogen-bond donors (Lipinski definition) is 0. The third kappa shape index (κ3) is 3.38. The second-order valence-electron chi connectivity index (χ2n) is 5.44. The summed E-state index contributed by atoms with van der Waals surface area (Å²) in [7, 11) is 1.58. The number of benzene rings is 2. The number of carbonyl (C=O) groups excluding carboxylic acids is 1. The Kier molecular flexibility index (Phi) is 4.79. The highest BCUT2D eigenvalue weighted by atomic mass is 16.5. The number of hydrogen-bond acceptors (Lipinski definition) is 5. The van der Waals surface area contributed by atoms with E-state index in [2.05, 4.69) is 5.10 Å². The maximum atomic E-state index is 12.5. The molecule has 2 aromatic carbocycles. The number of fused-ring (bicyclic) bond motifs is 1. The minimum Gasteiger partial charge on any atom is -0.497 e. The summed E-state index contributed by atoms with van der Waals surface area (Å²) in [6.07, 6.45) is 0. The van der Waals surface area contributed by atoms with Crippen LogP contribution >= 0.6 is 0 Å². The van der Waals surface area contributed by atoms with Gasteiger partial charge in [0.25, 0.3) is 5.56 Å². The number of ether oxygens (including phenoxy) is 2. The molecular formula is C19H18N2O4. The van der Waals surface area contributed by atoms with Crippen LogP contribution in [0.2, 0.25) is 0 Å². The second kappa shape index (κ2) is 7.17. The summed E-state index contributed by atoms with van der Waals surface area (Å²) < 4.78 is 11.8. The van der Waals surface area contributed by atoms with Crippen LogP contribution in [0.4, 0.5) is 0 Å². The van der Waals surface area contributed by atoms with Gasteiger partial charge < -0.3 is 9.47 Å². The Labute approximate surface area is 144 Å². The quantitative estimate of drug-likeness (QED) is 0.669. The van der Waals surface area contributed by atoms with Crippen molar-refractivity contribution in [1.82, 2.24) is 9.78 Å². The molecule has 0 aliphatic rings. The van der Waals surface area contributed by atoms with Crippen molar-refractivity contribution in [2.75, 3.05) is 7.11 Å². The zero-order valence-electron chi connectivity index (χ0n) is 14.1. The molecular weight excluding hydrogens is 320 g/mol. The number of rotatable bonds is 5. The Bertz CT molecular complexity index is 979. The van der Waals surface area contributed by atoms with E-state index in [0.29, 0.717) is 23.1 Å². The summed E-state index contributed by atoms with van der Waals surface area (Å²) in [5.74, 6) is 0.123. The van der Waals surface area contributed by atoms with Gasteiger partial charge in [0.1, 0.15) is 12.4 Å². The molecule has 0 aliphatic carbocycles. The molecule has 3 aromatic rings. The molecule has 0 unspecified atom stereocenters. The molecule has 0 saturated heterocycles. The van der Waals surface area contributed by atoms with Crippen molar-refractivity contribution in [2.45, 2.75) is 20.1 Å². The van der Waals surface area contributed by atoms with Crippen LogP contribution in [0.15, 0.2) is 53.3 Å². The molecule has 0 radical (unpaired) electrons. The molecule has 0 N–H and O–H groups in total. The average molecular weight is 338 g/mol. The smallest absolute Gasteiger partial charge is 0.359 e. The highest BCUT2D eigenvalue weighted by Gasteiger charge is 2.17. The summed E-state index contributed by atoms with van der Waals surface area (Å²) >= 11 is 0. The first kappa shape index (κ1) is 16.7. The Balaban J connectivity index is 1.91. The fraction of sp³-hybridized carbons (Fsp3) is 0.211. The van der Waals surface area contributed by atoms with E-state index in [1.54, 1.807) is 44.4 Å². The first-order valence-electron chi connectivity index (χ1n) is 7.94. The van der Waals surface area contributed by atoms with Gasteiger partial charge in [0, 0.05) is 11.9 Å². The lowest BCUT2D eigenvalue weighted by Crippen LogP contribution is -2.25. The number of aromatic nitrogens is 2. The number of methoxy groups -OCH3 is 1. The molecule has 0 bridgehead atoms. The van der Waals surface area contributed by atoms with Gasteiger partial charge in [-0.1, -0.05) is 30.3 Å². The maximum Gasteiger partial charge on any atom is 0.359 e. The van der Waals surface area contributed by atoms with Crippen LogP contribution < -0.4 is 10.3 Å². The molecule has 0 saturated carbocycles. The molecule has 128 valence electrons. The summed E-state index contributed by atoms with van der Waals surface area (Å²) in [5.41, 5.74) is 0.725. The van der Waals surface area contributed by atoms with Gasteiger partial charge in [-0.3, -0.25) is 4.79 Å². The molecule has 25 heavy (non-hydrogen) atoms. The second-order valence-corrected chi connectivity index (χ2v) is 5.44. The van der Waals surface area contributed by atoms with Crippen LogP contribution in [0.1, 0.15) is 23.0 Å². The third-order valence-electron chi connectivity index (χ3n) is 3.86. The highest BCUT2D eigenvalue weighted by molar-refractivity contribution is 6.02. The average Bonchev–Trinajstić information content (AvgIpc) is 2.67. The Morgan fingerprint density at radius 1 is 1.12 bits per heavy atom. The van der Waals surface area contributed by atoms with Gasteiger partial charge in [-0.05, 0) is 30.7 Å². The molecule has 6 heteroatoms. The zero-order chi connectivity index (χ0) is 17.8. The van der Waals surface area contributed by atoms with E-state index in [-0.39, 0.29) is 17.9 Å². The van der Waals surface area contributed by atoms with E-state index in [9.17, 15) is 9.59 Å². The van der Waals surface area contributed by atoms with E-state index in [4.69, 9.17) is 9.47 Å². The summed E-state index contributed by atoms with van der Waals surface area (Å²) in [6.45, 7) is 2.27. The standard InChI is InChI=1S/C19H18N2O4/c1-3-21-18(22)16-10-5-4-9-15(16)17(20-21)19(23)25-12-13-7-6-8-14(11-13)24-2/h4-11H,3,12H2,1-2H3. The number of aryl methyl sites for hydroxylation is 1. The van der Waals surface area contributed by atoms with Gasteiger partial charge >= 0.3 is 5.97 Å². The van der Waals surface area contributed by atoms with Crippen LogP contribution in [-0.4, -0.2) is 22.9 Å². The SMILES string of the molecule is CCn1nc(C(=O)OCc2cccc(OC)c2)c2ccccc2c1=O. The molecule has 3 rings (SSSR count). The Morgan fingerprint density at radius 3 is 2.60 bits per heavy atom. The molecule has 0 fully saturated rings.